The van der Waals surface area contributed by atoms with E-state index in [2.05, 4.69) is 1.41 Å². The molecule has 0 saturated heterocycles. The average Bonchev–Trinajstić information content (AvgIpc) is 1.75. The van der Waals surface area contributed by atoms with Crippen molar-refractivity contribution in [3.05, 3.63) is 0 Å². The normalized spacial score (nSPS) is 5.86. The van der Waals surface area contributed by atoms with E-state index >= 15 is 0 Å². The van der Waals surface area contributed by atoms with Gasteiger partial charge in [0.2, 0.25) is 0 Å². The van der Waals surface area contributed by atoms with Crippen molar-refractivity contribution in [2.75, 3.05) is 0 Å². The van der Waals surface area contributed by atoms with E-state index in [4.69, 9.17) is 4.80 Å². The van der Waals surface area contributed by atoms with Gasteiger partial charge in [-0.2, -0.15) is 0 Å². The molecular formula is CH8O3SiSn2. The van der Waals surface area contributed by atoms with Crippen molar-refractivity contribution in [2.45, 2.75) is 0 Å². The molecule has 0 aromatic rings. The Morgan fingerprint density at radius 3 is 2.29 bits per heavy atom. The first kappa shape index (κ1) is 11.2. The molecule has 42 valence electrons. The molecule has 0 fully saturated rings. The van der Waals surface area contributed by atoms with Crippen LogP contribution >= 0.6 is 0 Å². The van der Waals surface area contributed by atoms with Crippen LogP contribution in [-0.4, -0.2) is 63.2 Å². The van der Waals surface area contributed by atoms with Crippen LogP contribution in [0.4, 0.5) is 0 Å². The second-order valence-corrected chi connectivity index (χ2v) is 12.2. The molecule has 0 bridgehead atoms. The van der Waals surface area contributed by atoms with Gasteiger partial charge in [0.1, 0.15) is 10.5 Å². The summed E-state index contributed by atoms with van der Waals surface area (Å²) < 4.78 is 6.46. The summed E-state index contributed by atoms with van der Waals surface area (Å²) in [5.74, 6) is 0. The predicted octanol–water partition coefficient (Wildman–Crippen LogP) is -4.04. The third kappa shape index (κ3) is 18.8. The molecular weight excluding hydrogens is 326 g/mol. The van der Waals surface area contributed by atoms with Crippen molar-refractivity contribution in [1.29, 1.82) is 0 Å². The molecule has 0 heterocycles. The van der Waals surface area contributed by atoms with Crippen molar-refractivity contribution in [2.24, 2.45) is 0 Å². The summed E-state index contributed by atoms with van der Waals surface area (Å²) >= 11 is -0.828. The molecule has 7 heavy (non-hydrogen) atoms. The van der Waals surface area contributed by atoms with E-state index in [1.807, 2.05) is 0 Å². The van der Waals surface area contributed by atoms with Crippen LogP contribution in [0.25, 0.3) is 0 Å². The first-order valence-electron chi connectivity index (χ1n) is 1.58. The molecule has 0 saturated carbocycles. The van der Waals surface area contributed by atoms with Gasteiger partial charge in [-0.15, -0.1) is 0 Å². The fraction of sp³-hybridized carbons (Fsp3) is 0. The SMILES string of the molecule is O=[C]=[SnH][O][SnH3].O[SiH3]. The second-order valence-electron chi connectivity index (χ2n) is 0.471. The summed E-state index contributed by atoms with van der Waals surface area (Å²) in [6.45, 7) is 0. The number of carbonyl (C=O) groups excluding carboxylic acids is 1. The summed E-state index contributed by atoms with van der Waals surface area (Å²) in [7, 11) is 0.306. The molecule has 0 radical (unpaired) electrons. The minimum Gasteiger partial charge on any atom is -0.442 e. The maximum atomic E-state index is 9.27. The second kappa shape index (κ2) is 15.7. The van der Waals surface area contributed by atoms with Crippen molar-refractivity contribution in [1.82, 2.24) is 0 Å². The Labute approximate surface area is 68.9 Å². The Balaban J connectivity index is 0. The van der Waals surface area contributed by atoms with Gasteiger partial charge in [-0.25, -0.2) is 0 Å². The number of hydrogen-bond acceptors (Lipinski definition) is 3. The van der Waals surface area contributed by atoms with Crippen LogP contribution in [0.1, 0.15) is 0 Å². The van der Waals surface area contributed by atoms with E-state index in [-0.39, 0.29) is 0 Å². The van der Waals surface area contributed by atoms with Gasteiger partial charge >= 0.3 is 54.1 Å². The molecule has 0 rings (SSSR count). The van der Waals surface area contributed by atoms with Crippen molar-refractivity contribution < 1.29 is 11.0 Å². The average molecular weight is 334 g/mol. The maximum absolute atomic E-state index is 9.27. The van der Waals surface area contributed by atoms with E-state index in [9.17, 15) is 4.79 Å². The quantitative estimate of drug-likeness (QED) is 0.497. The largest absolute Gasteiger partial charge is 0.442 e. The standard InChI is InChI=1S/CO.H4OSi.O.2Sn.4H/c2*1-2;;;;;;;/h;1H,2H3;;;;;;;. The molecule has 0 unspecified atom stereocenters. The van der Waals surface area contributed by atoms with Crippen molar-refractivity contribution in [3.8, 4) is 0 Å². The van der Waals surface area contributed by atoms with E-state index in [0.29, 0.717) is 33.4 Å². The minimum atomic E-state index is -1.13. The molecule has 0 aromatic carbocycles. The molecule has 0 aromatic heterocycles. The molecule has 0 aliphatic rings. The molecule has 0 atom stereocenters. The van der Waals surface area contributed by atoms with Crippen LogP contribution in [0.3, 0.4) is 0 Å². The van der Waals surface area contributed by atoms with Gasteiger partial charge in [-0.05, 0) is 0 Å². The smallest absolute Gasteiger partial charge is 0.141 e. The molecule has 6 heteroatoms. The molecule has 0 aliphatic carbocycles. The summed E-state index contributed by atoms with van der Waals surface area (Å²) in [5.41, 5.74) is 0. The Hall–Kier alpha value is 1.31. The fourth-order valence-electron chi connectivity index (χ4n) is 0.0481. The zero-order chi connectivity index (χ0) is 6.12. The van der Waals surface area contributed by atoms with E-state index in [1.54, 1.807) is 3.89 Å². The Bertz CT molecular complexity index is 60.0. The van der Waals surface area contributed by atoms with Crippen LogP contribution in [0, 0.1) is 0 Å². The Morgan fingerprint density at radius 1 is 1.86 bits per heavy atom. The summed E-state index contributed by atoms with van der Waals surface area (Å²) in [5, 5.41) is 0. The van der Waals surface area contributed by atoms with Gasteiger partial charge in [0, 0.05) is 0 Å². The van der Waals surface area contributed by atoms with Gasteiger partial charge < -0.3 is 4.80 Å². The third-order valence-corrected chi connectivity index (χ3v) is 5.63. The third-order valence-electron chi connectivity index (χ3n) is 0.166. The van der Waals surface area contributed by atoms with Crippen LogP contribution < -0.4 is 0 Å². The fourth-order valence-corrected chi connectivity index (χ4v) is 2.17. The molecule has 0 amide bonds. The zero-order valence-electron chi connectivity index (χ0n) is 4.34. The summed E-state index contributed by atoms with van der Waals surface area (Å²) in [6, 6.07) is 0. The van der Waals surface area contributed by atoms with Gasteiger partial charge in [0.25, 0.3) is 0 Å². The van der Waals surface area contributed by atoms with Crippen LogP contribution in [-0.2, 0) is 6.21 Å². The molecule has 0 aliphatic heterocycles. The van der Waals surface area contributed by atoms with Gasteiger partial charge in [0.05, 0.1) is 0 Å². The molecule has 3 nitrogen and oxygen atoms in total. The topological polar surface area (TPSA) is 46.5 Å². The van der Waals surface area contributed by atoms with Gasteiger partial charge in [-0.3, -0.25) is 0 Å². The number of hydrogen-bond donors (Lipinski definition) is 1. The zero-order valence-corrected chi connectivity index (χ0v) is 15.3. The van der Waals surface area contributed by atoms with Crippen LogP contribution in [0.5, 0.6) is 0 Å². The summed E-state index contributed by atoms with van der Waals surface area (Å²) in [6.07, 6.45) is 0. The van der Waals surface area contributed by atoms with E-state index < -0.39 is 21.1 Å². The minimum absolute atomic E-state index is 0.304. The monoisotopic (exact) mass is 336 g/mol. The van der Waals surface area contributed by atoms with Crippen LogP contribution in [0.2, 0.25) is 0 Å². The van der Waals surface area contributed by atoms with E-state index in [0.717, 1.165) is 0 Å². The Morgan fingerprint density at radius 2 is 2.29 bits per heavy atom. The maximum Gasteiger partial charge on any atom is 0.141 e. The number of rotatable bonds is 1. The van der Waals surface area contributed by atoms with Gasteiger partial charge in [-0.1, -0.05) is 0 Å². The van der Waals surface area contributed by atoms with Crippen LogP contribution in [0.15, 0.2) is 0 Å². The molecule has 0 spiro atoms. The van der Waals surface area contributed by atoms with Crippen molar-refractivity contribution >= 4 is 58.4 Å². The first-order chi connectivity index (χ1) is 3.41. The molecule has 1 N–H and O–H groups in total. The first-order valence-corrected chi connectivity index (χ1v) is 7.80. The van der Waals surface area contributed by atoms with E-state index in [1.165, 1.54) is 0 Å². The Kier molecular flexibility index (Phi) is 25.0. The summed E-state index contributed by atoms with van der Waals surface area (Å²) in [4.78, 5) is 16.4. The van der Waals surface area contributed by atoms with Crippen molar-refractivity contribution in [3.63, 3.8) is 0 Å². The van der Waals surface area contributed by atoms with Gasteiger partial charge in [0.15, 0.2) is 0 Å². The predicted molar refractivity (Wildman–Crippen MR) is 36.0 cm³/mol.